The first-order valence-corrected chi connectivity index (χ1v) is 7.03. The minimum atomic E-state index is -0.813. The predicted molar refractivity (Wildman–Crippen MR) is 84.1 cm³/mol. The van der Waals surface area contributed by atoms with E-state index in [9.17, 15) is 4.79 Å². The third kappa shape index (κ3) is 7.22. The molecule has 4 N–H and O–H groups in total. The molecule has 0 bridgehead atoms. The van der Waals surface area contributed by atoms with Crippen molar-refractivity contribution in [2.45, 2.75) is 59.2 Å². The summed E-state index contributed by atoms with van der Waals surface area (Å²) in [6.45, 7) is 11.8. The molecule has 0 spiro atoms. The zero-order valence-electron chi connectivity index (χ0n) is 13.1. The molecule has 0 aliphatic carbocycles. The van der Waals surface area contributed by atoms with Gasteiger partial charge in [-0.3, -0.25) is 5.01 Å². The second-order valence-corrected chi connectivity index (χ2v) is 5.99. The van der Waals surface area contributed by atoms with Crippen LogP contribution in [0.5, 0.6) is 0 Å². The van der Waals surface area contributed by atoms with Crippen LogP contribution in [-0.4, -0.2) is 33.9 Å². The quantitative estimate of drug-likeness (QED) is 0.412. The predicted octanol–water partition coefficient (Wildman–Crippen LogP) is 2.14. The highest BCUT2D eigenvalue weighted by Crippen LogP contribution is 2.16. The summed E-state index contributed by atoms with van der Waals surface area (Å²) < 4.78 is 0. The van der Waals surface area contributed by atoms with Crippen LogP contribution in [-0.2, 0) is 0 Å². The average molecular weight is 302 g/mol. The number of hydrogen-bond acceptors (Lipinski definition) is 4. The maximum atomic E-state index is 11.8. The van der Waals surface area contributed by atoms with Crippen LogP contribution in [0.3, 0.4) is 0 Å². The topological polar surface area (TPSA) is 95.1 Å². The van der Waals surface area contributed by atoms with Crippen molar-refractivity contribution in [1.82, 2.24) is 15.8 Å². The molecular formula is C12H26N6OS. The fourth-order valence-electron chi connectivity index (χ4n) is 1.07. The SMILES string of the molecule is CCN(NC(=O)NC(C)(C)N=NC(C)(C)CC)C(N)=S. The van der Waals surface area contributed by atoms with E-state index in [1.54, 1.807) is 13.8 Å². The van der Waals surface area contributed by atoms with Crippen molar-refractivity contribution in [3.63, 3.8) is 0 Å². The Labute approximate surface area is 126 Å². The van der Waals surface area contributed by atoms with E-state index < -0.39 is 11.7 Å². The first-order chi connectivity index (χ1) is 9.03. The fourth-order valence-corrected chi connectivity index (χ4v) is 1.25. The van der Waals surface area contributed by atoms with Gasteiger partial charge < -0.3 is 11.1 Å². The zero-order valence-corrected chi connectivity index (χ0v) is 14.0. The van der Waals surface area contributed by atoms with Crippen LogP contribution in [0.4, 0.5) is 4.79 Å². The molecule has 0 rings (SSSR count). The minimum absolute atomic E-state index is 0.106. The number of thiocarbonyl (C=S) groups is 1. The molecule has 0 aromatic carbocycles. The molecular weight excluding hydrogens is 276 g/mol. The number of nitrogens with two attached hydrogens (primary N) is 1. The number of rotatable bonds is 5. The highest BCUT2D eigenvalue weighted by Gasteiger charge is 2.22. The molecule has 7 nitrogen and oxygen atoms in total. The number of carbonyl (C=O) groups excluding carboxylic acids is 1. The monoisotopic (exact) mass is 302 g/mol. The molecule has 0 saturated carbocycles. The summed E-state index contributed by atoms with van der Waals surface area (Å²) in [6, 6.07) is -0.432. The van der Waals surface area contributed by atoms with E-state index in [4.69, 9.17) is 18.0 Å². The van der Waals surface area contributed by atoms with Gasteiger partial charge in [-0.1, -0.05) is 6.92 Å². The number of hydrazine groups is 1. The van der Waals surface area contributed by atoms with E-state index in [0.717, 1.165) is 6.42 Å². The third-order valence-corrected chi connectivity index (χ3v) is 2.89. The number of nitrogens with one attached hydrogen (secondary N) is 2. The Balaban J connectivity index is 4.61. The average Bonchev–Trinajstić information content (AvgIpc) is 2.33. The number of hydrogen-bond donors (Lipinski definition) is 3. The Morgan fingerprint density at radius 2 is 1.80 bits per heavy atom. The van der Waals surface area contributed by atoms with Crippen molar-refractivity contribution >= 4 is 23.4 Å². The Hall–Kier alpha value is -1.44. The summed E-state index contributed by atoms with van der Waals surface area (Å²) in [5.41, 5.74) is 6.96. The number of azo groups is 1. The van der Waals surface area contributed by atoms with Crippen LogP contribution in [0, 0.1) is 0 Å². The molecule has 0 aromatic rings. The van der Waals surface area contributed by atoms with Gasteiger partial charge in [0, 0.05) is 6.54 Å². The third-order valence-electron chi connectivity index (χ3n) is 2.67. The van der Waals surface area contributed by atoms with Crippen LogP contribution in [0.15, 0.2) is 10.2 Å². The van der Waals surface area contributed by atoms with Gasteiger partial charge in [-0.25, -0.2) is 10.2 Å². The van der Waals surface area contributed by atoms with Gasteiger partial charge in [-0.15, -0.1) is 0 Å². The molecule has 116 valence electrons. The van der Waals surface area contributed by atoms with Gasteiger partial charge in [-0.2, -0.15) is 10.2 Å². The molecule has 0 radical (unpaired) electrons. The van der Waals surface area contributed by atoms with Crippen molar-refractivity contribution in [3.05, 3.63) is 0 Å². The van der Waals surface area contributed by atoms with E-state index >= 15 is 0 Å². The molecule has 0 atom stereocenters. The van der Waals surface area contributed by atoms with E-state index in [-0.39, 0.29) is 10.7 Å². The van der Waals surface area contributed by atoms with Crippen molar-refractivity contribution < 1.29 is 4.79 Å². The van der Waals surface area contributed by atoms with Gasteiger partial charge in [0.25, 0.3) is 0 Å². The van der Waals surface area contributed by atoms with Crippen LogP contribution in [0.25, 0.3) is 0 Å². The second-order valence-electron chi connectivity index (χ2n) is 5.57. The summed E-state index contributed by atoms with van der Waals surface area (Å²) in [7, 11) is 0. The number of carbonyl (C=O) groups is 1. The lowest BCUT2D eigenvalue weighted by atomic mass is 10.0. The van der Waals surface area contributed by atoms with Crippen LogP contribution in [0.1, 0.15) is 48.0 Å². The Bertz CT molecular complexity index is 380. The van der Waals surface area contributed by atoms with Crippen LogP contribution in [0.2, 0.25) is 0 Å². The molecule has 0 fully saturated rings. The van der Waals surface area contributed by atoms with Crippen molar-refractivity contribution in [3.8, 4) is 0 Å². The number of amides is 2. The first-order valence-electron chi connectivity index (χ1n) is 6.63. The van der Waals surface area contributed by atoms with Gasteiger partial charge in [0.2, 0.25) is 0 Å². The summed E-state index contributed by atoms with van der Waals surface area (Å²) in [4.78, 5) is 11.8. The van der Waals surface area contributed by atoms with Gasteiger partial charge in [0.1, 0.15) is 5.66 Å². The van der Waals surface area contributed by atoms with E-state index in [1.165, 1.54) is 5.01 Å². The van der Waals surface area contributed by atoms with Gasteiger partial charge in [-0.05, 0) is 53.3 Å². The van der Waals surface area contributed by atoms with Crippen molar-refractivity contribution in [2.75, 3.05) is 6.54 Å². The number of urea groups is 1. The summed E-state index contributed by atoms with van der Waals surface area (Å²) in [5, 5.41) is 12.6. The second kappa shape index (κ2) is 7.37. The lowest BCUT2D eigenvalue weighted by molar-refractivity contribution is 0.207. The smallest absolute Gasteiger partial charge is 0.335 e. The highest BCUT2D eigenvalue weighted by atomic mass is 32.1. The first kappa shape index (κ1) is 18.6. The van der Waals surface area contributed by atoms with Gasteiger partial charge in [0.15, 0.2) is 5.11 Å². The fraction of sp³-hybridized carbons (Fsp3) is 0.833. The highest BCUT2D eigenvalue weighted by molar-refractivity contribution is 7.80. The van der Waals surface area contributed by atoms with Gasteiger partial charge >= 0.3 is 6.03 Å². The maximum absolute atomic E-state index is 11.8. The molecule has 0 unspecified atom stereocenters. The minimum Gasteiger partial charge on any atom is -0.375 e. The molecule has 20 heavy (non-hydrogen) atoms. The van der Waals surface area contributed by atoms with E-state index in [2.05, 4.69) is 21.0 Å². The Morgan fingerprint density at radius 1 is 1.25 bits per heavy atom. The molecule has 0 aliphatic heterocycles. The molecule has 0 aromatic heterocycles. The standard InChI is InChI=1S/C12H26N6OS/c1-7-11(3,4)16-17-12(5,6)14-10(19)15-18(8-2)9(13)20/h7-8H2,1-6H3,(H2,13,20)(H2,14,15,19). The largest absolute Gasteiger partial charge is 0.375 e. The number of nitrogens with zero attached hydrogens (tertiary/aromatic N) is 3. The van der Waals surface area contributed by atoms with Crippen molar-refractivity contribution in [1.29, 1.82) is 0 Å². The lowest BCUT2D eigenvalue weighted by Gasteiger charge is -2.26. The Morgan fingerprint density at radius 3 is 2.20 bits per heavy atom. The lowest BCUT2D eigenvalue weighted by Crippen LogP contribution is -2.55. The molecule has 8 heteroatoms. The molecule has 0 heterocycles. The van der Waals surface area contributed by atoms with Crippen molar-refractivity contribution in [2.24, 2.45) is 16.0 Å². The maximum Gasteiger partial charge on any atom is 0.335 e. The van der Waals surface area contributed by atoms with Crippen LogP contribution < -0.4 is 16.5 Å². The zero-order chi connectivity index (χ0) is 16.0. The summed E-state index contributed by atoms with van der Waals surface area (Å²) in [5.74, 6) is 0. The van der Waals surface area contributed by atoms with Crippen LogP contribution >= 0.6 is 12.2 Å². The van der Waals surface area contributed by atoms with Gasteiger partial charge in [0.05, 0.1) is 5.54 Å². The van der Waals surface area contributed by atoms with E-state index in [0.29, 0.717) is 6.54 Å². The Kier molecular flexibility index (Phi) is 6.84. The molecule has 0 aliphatic rings. The summed E-state index contributed by atoms with van der Waals surface area (Å²) in [6.07, 6.45) is 0.865. The summed E-state index contributed by atoms with van der Waals surface area (Å²) >= 11 is 4.81. The van der Waals surface area contributed by atoms with E-state index in [1.807, 2.05) is 27.7 Å². The molecule has 0 saturated heterocycles. The normalized spacial score (nSPS) is 12.3. The molecule has 2 amide bonds.